The van der Waals surface area contributed by atoms with Crippen LogP contribution in [0, 0.1) is 5.92 Å². The summed E-state index contributed by atoms with van der Waals surface area (Å²) in [5.74, 6) is -2.46. The number of carboxylic acid groups (broad SMARTS) is 2. The van der Waals surface area contributed by atoms with Crippen molar-refractivity contribution >= 4 is 23.9 Å². The zero-order chi connectivity index (χ0) is 19.4. The van der Waals surface area contributed by atoms with E-state index in [0.717, 1.165) is 0 Å². The molecule has 2 atom stereocenters. The quantitative estimate of drug-likeness (QED) is 0.140. The van der Waals surface area contributed by atoms with E-state index in [1.54, 1.807) is 0 Å². The molecule has 0 heterocycles. The molecule has 0 saturated carbocycles. The van der Waals surface area contributed by atoms with Gasteiger partial charge in [0.25, 0.3) is 0 Å². The number of aliphatic imine (C=N–C) groups is 1. The van der Waals surface area contributed by atoms with Crippen LogP contribution in [0.3, 0.4) is 0 Å². The summed E-state index contributed by atoms with van der Waals surface area (Å²) in [6.07, 6.45) is 0.382. The standard InChI is InChI=1S/C15H28N4O6/c1-9(2)8-18-15(17-6-4-5-10(16)13(21)22)19-11(14(23)24)7-12(20)25-3/h9-11H,4-8,16H2,1-3H3,(H,21,22)(H,23,24)(H2,17,18,19). The summed E-state index contributed by atoms with van der Waals surface area (Å²) in [5.41, 5.74) is 5.42. The van der Waals surface area contributed by atoms with Crippen LogP contribution in [0.4, 0.5) is 0 Å². The van der Waals surface area contributed by atoms with E-state index in [1.807, 2.05) is 13.8 Å². The molecule has 2 unspecified atom stereocenters. The van der Waals surface area contributed by atoms with Crippen LogP contribution in [-0.4, -0.2) is 66.4 Å². The number of carbonyl (C=O) groups is 3. The summed E-state index contributed by atoms with van der Waals surface area (Å²) in [4.78, 5) is 37.5. The van der Waals surface area contributed by atoms with Crippen LogP contribution in [0.15, 0.2) is 4.99 Å². The van der Waals surface area contributed by atoms with Crippen LogP contribution in [0.1, 0.15) is 33.1 Å². The van der Waals surface area contributed by atoms with Gasteiger partial charge in [0.1, 0.15) is 12.1 Å². The highest BCUT2D eigenvalue weighted by atomic mass is 16.5. The molecule has 0 rings (SSSR count). The lowest BCUT2D eigenvalue weighted by molar-refractivity contribution is -0.147. The molecule has 0 aliphatic rings. The maximum atomic E-state index is 11.3. The van der Waals surface area contributed by atoms with Crippen molar-refractivity contribution in [1.82, 2.24) is 10.6 Å². The molecule has 6 N–H and O–H groups in total. The van der Waals surface area contributed by atoms with Gasteiger partial charge < -0.3 is 31.3 Å². The Hall–Kier alpha value is -2.36. The Bertz CT molecular complexity index is 481. The average molecular weight is 360 g/mol. The second kappa shape index (κ2) is 12.1. The van der Waals surface area contributed by atoms with Crippen LogP contribution in [-0.2, 0) is 19.1 Å². The maximum Gasteiger partial charge on any atom is 0.326 e. The lowest BCUT2D eigenvalue weighted by Crippen LogP contribution is -2.48. The van der Waals surface area contributed by atoms with Crippen LogP contribution < -0.4 is 16.4 Å². The van der Waals surface area contributed by atoms with Crippen molar-refractivity contribution in [3.8, 4) is 0 Å². The Morgan fingerprint density at radius 3 is 2.32 bits per heavy atom. The first-order chi connectivity index (χ1) is 11.7. The number of aliphatic carboxylic acids is 2. The number of rotatable bonds is 11. The molecule has 0 aliphatic heterocycles. The fourth-order valence-electron chi connectivity index (χ4n) is 1.69. The largest absolute Gasteiger partial charge is 0.480 e. The molecule has 0 aliphatic carbocycles. The van der Waals surface area contributed by atoms with Crippen molar-refractivity contribution in [3.63, 3.8) is 0 Å². The normalized spacial score (nSPS) is 13.9. The number of carbonyl (C=O) groups excluding carboxylic acids is 1. The second-order valence-electron chi connectivity index (χ2n) is 5.91. The van der Waals surface area contributed by atoms with Gasteiger partial charge in [-0.3, -0.25) is 14.6 Å². The predicted molar refractivity (Wildman–Crippen MR) is 91.2 cm³/mol. The highest BCUT2D eigenvalue weighted by molar-refractivity contribution is 5.88. The molecule has 0 amide bonds. The van der Waals surface area contributed by atoms with Crippen molar-refractivity contribution in [2.24, 2.45) is 16.6 Å². The molecule has 144 valence electrons. The van der Waals surface area contributed by atoms with E-state index >= 15 is 0 Å². The van der Waals surface area contributed by atoms with E-state index in [4.69, 9.17) is 10.8 Å². The Morgan fingerprint density at radius 1 is 1.20 bits per heavy atom. The van der Waals surface area contributed by atoms with Crippen molar-refractivity contribution in [2.75, 3.05) is 20.2 Å². The number of hydrogen-bond acceptors (Lipinski definition) is 6. The summed E-state index contributed by atoms with van der Waals surface area (Å²) < 4.78 is 4.49. The first-order valence-corrected chi connectivity index (χ1v) is 8.00. The Kier molecular flexibility index (Phi) is 10.9. The Labute approximate surface area is 146 Å². The van der Waals surface area contributed by atoms with E-state index in [1.165, 1.54) is 7.11 Å². The van der Waals surface area contributed by atoms with E-state index in [0.29, 0.717) is 19.5 Å². The molecule has 0 spiro atoms. The molecule has 0 saturated heterocycles. The molecule has 10 nitrogen and oxygen atoms in total. The van der Waals surface area contributed by atoms with Gasteiger partial charge in [-0.15, -0.1) is 0 Å². The van der Waals surface area contributed by atoms with Crippen LogP contribution in [0.5, 0.6) is 0 Å². The molecule has 0 aromatic rings. The molecule has 10 heteroatoms. The molecule has 0 aromatic carbocycles. The van der Waals surface area contributed by atoms with Gasteiger partial charge in [-0.1, -0.05) is 13.8 Å². The minimum atomic E-state index is -1.21. The minimum absolute atomic E-state index is 0.230. The topological polar surface area (TPSA) is 163 Å². The number of esters is 1. The molecule has 0 radical (unpaired) electrons. The first-order valence-electron chi connectivity index (χ1n) is 8.00. The van der Waals surface area contributed by atoms with Crippen LogP contribution in [0.25, 0.3) is 0 Å². The van der Waals surface area contributed by atoms with Gasteiger partial charge in [0, 0.05) is 13.1 Å². The molecule has 25 heavy (non-hydrogen) atoms. The predicted octanol–water partition coefficient (Wildman–Crippen LogP) is -0.614. The van der Waals surface area contributed by atoms with Gasteiger partial charge >= 0.3 is 17.9 Å². The van der Waals surface area contributed by atoms with Gasteiger partial charge in [-0.05, 0) is 18.8 Å². The highest BCUT2D eigenvalue weighted by Crippen LogP contribution is 1.98. The molecular formula is C15H28N4O6. The third kappa shape index (κ3) is 10.9. The van der Waals surface area contributed by atoms with Gasteiger partial charge in [-0.2, -0.15) is 0 Å². The fraction of sp³-hybridized carbons (Fsp3) is 0.733. The number of guanidine groups is 1. The smallest absolute Gasteiger partial charge is 0.326 e. The maximum absolute atomic E-state index is 11.3. The van der Waals surface area contributed by atoms with E-state index in [9.17, 15) is 19.5 Å². The van der Waals surface area contributed by atoms with Gasteiger partial charge in [0.15, 0.2) is 5.96 Å². The minimum Gasteiger partial charge on any atom is -0.480 e. The lowest BCUT2D eigenvalue weighted by Gasteiger charge is -2.18. The van der Waals surface area contributed by atoms with Gasteiger partial charge in [0.05, 0.1) is 13.5 Å². The van der Waals surface area contributed by atoms with Crippen LogP contribution in [0.2, 0.25) is 0 Å². The number of nitrogens with two attached hydrogens (primary N) is 1. The zero-order valence-electron chi connectivity index (χ0n) is 14.8. The number of nitrogens with one attached hydrogen (secondary N) is 2. The third-order valence-electron chi connectivity index (χ3n) is 3.12. The Morgan fingerprint density at radius 2 is 1.84 bits per heavy atom. The zero-order valence-corrected chi connectivity index (χ0v) is 14.8. The second-order valence-corrected chi connectivity index (χ2v) is 5.91. The summed E-state index contributed by atoms with van der Waals surface area (Å²) in [6, 6.07) is -2.14. The monoisotopic (exact) mass is 360 g/mol. The van der Waals surface area contributed by atoms with E-state index in [-0.39, 0.29) is 24.7 Å². The number of hydrogen-bond donors (Lipinski definition) is 5. The fourth-order valence-corrected chi connectivity index (χ4v) is 1.69. The summed E-state index contributed by atoms with van der Waals surface area (Å²) in [5, 5.41) is 23.5. The molecule has 0 fully saturated rings. The third-order valence-corrected chi connectivity index (χ3v) is 3.12. The molecular weight excluding hydrogens is 332 g/mol. The summed E-state index contributed by atoms with van der Waals surface area (Å²) in [7, 11) is 1.18. The van der Waals surface area contributed by atoms with Crippen molar-refractivity contribution in [3.05, 3.63) is 0 Å². The highest BCUT2D eigenvalue weighted by Gasteiger charge is 2.23. The molecule has 0 bridgehead atoms. The number of carboxylic acids is 2. The lowest BCUT2D eigenvalue weighted by atomic mass is 10.2. The van der Waals surface area contributed by atoms with E-state index in [2.05, 4.69) is 20.4 Å². The Balaban J connectivity index is 4.74. The van der Waals surface area contributed by atoms with Crippen molar-refractivity contribution in [1.29, 1.82) is 0 Å². The van der Waals surface area contributed by atoms with Crippen LogP contribution >= 0.6 is 0 Å². The van der Waals surface area contributed by atoms with Gasteiger partial charge in [-0.25, -0.2) is 4.79 Å². The summed E-state index contributed by atoms with van der Waals surface area (Å²) in [6.45, 7) is 4.72. The SMILES string of the molecule is COC(=O)CC(NC(=NCC(C)C)NCCCC(N)C(=O)O)C(=O)O. The average Bonchev–Trinajstić information content (AvgIpc) is 2.54. The number of methoxy groups -OCH3 is 1. The number of ether oxygens (including phenoxy) is 1. The first kappa shape index (κ1) is 22.6. The van der Waals surface area contributed by atoms with Crippen molar-refractivity contribution in [2.45, 2.75) is 45.2 Å². The van der Waals surface area contributed by atoms with E-state index < -0.39 is 30.0 Å². The van der Waals surface area contributed by atoms with Gasteiger partial charge in [0.2, 0.25) is 0 Å². The summed E-state index contributed by atoms with van der Waals surface area (Å²) >= 11 is 0. The number of nitrogens with zero attached hydrogens (tertiary/aromatic N) is 1. The van der Waals surface area contributed by atoms with Crippen molar-refractivity contribution < 1.29 is 29.3 Å². The molecule has 0 aromatic heterocycles.